The first-order valence-electron chi connectivity index (χ1n) is 9.24. The first-order chi connectivity index (χ1) is 13.8. The Bertz CT molecular complexity index is 1030. The van der Waals surface area contributed by atoms with Gasteiger partial charge in [0.15, 0.2) is 0 Å². The Morgan fingerprint density at radius 2 is 1.86 bits per heavy atom. The highest BCUT2D eigenvalue weighted by Gasteiger charge is 2.50. The minimum atomic E-state index is -1.35. The van der Waals surface area contributed by atoms with Crippen molar-refractivity contribution in [3.63, 3.8) is 0 Å². The summed E-state index contributed by atoms with van der Waals surface area (Å²) >= 11 is 12.2. The van der Waals surface area contributed by atoms with Crippen LogP contribution in [0.15, 0.2) is 42.5 Å². The van der Waals surface area contributed by atoms with Gasteiger partial charge in [0.2, 0.25) is 5.91 Å². The van der Waals surface area contributed by atoms with Gasteiger partial charge in [-0.15, -0.1) is 0 Å². The number of amides is 4. The number of carbonyl (C=O) groups excluding carboxylic acids is 3. The third-order valence-corrected chi connectivity index (χ3v) is 6.07. The molecule has 8 heteroatoms. The first-order valence-corrected chi connectivity index (χ1v) is 9.99. The van der Waals surface area contributed by atoms with Crippen LogP contribution in [0.4, 0.5) is 4.79 Å². The molecule has 4 amide bonds. The van der Waals surface area contributed by atoms with Crippen molar-refractivity contribution in [2.45, 2.75) is 25.4 Å². The third-order valence-electron chi connectivity index (χ3n) is 5.52. The third kappa shape index (κ3) is 3.47. The monoisotopic (exact) mass is 431 g/mol. The first kappa shape index (κ1) is 19.7. The zero-order chi connectivity index (χ0) is 20.8. The fraction of sp³-hybridized carbons (Fsp3) is 0.286. The van der Waals surface area contributed by atoms with Gasteiger partial charge in [0.25, 0.3) is 5.91 Å². The molecule has 1 atom stereocenters. The fourth-order valence-electron chi connectivity index (χ4n) is 3.86. The van der Waals surface area contributed by atoms with Gasteiger partial charge in [-0.05, 0) is 36.6 Å². The Hall–Kier alpha value is -2.57. The van der Waals surface area contributed by atoms with Gasteiger partial charge in [0, 0.05) is 28.7 Å². The fourth-order valence-corrected chi connectivity index (χ4v) is 4.46. The normalized spacial score (nSPS) is 21.2. The summed E-state index contributed by atoms with van der Waals surface area (Å²) in [5.41, 5.74) is 1.38. The van der Waals surface area contributed by atoms with Crippen molar-refractivity contribution in [3.8, 4) is 0 Å². The quantitative estimate of drug-likeness (QED) is 0.757. The number of benzene rings is 2. The van der Waals surface area contributed by atoms with Gasteiger partial charge in [-0.2, -0.15) is 0 Å². The summed E-state index contributed by atoms with van der Waals surface area (Å²) in [7, 11) is 0. The van der Waals surface area contributed by atoms with E-state index in [9.17, 15) is 14.4 Å². The number of nitrogens with zero attached hydrogens (tertiary/aromatic N) is 2. The molecular weight excluding hydrogens is 413 g/mol. The number of halogens is 2. The standard InChI is InChI=1S/C21H19Cl2N3O3/c1-21(16-7-6-15(22)10-17(16)23)19(28)26(20(29)24-21)12-18(27)25-9-8-13-4-2-3-5-14(13)11-25/h2-7,10H,8-9,11-12H2,1H3,(H,24,29). The van der Waals surface area contributed by atoms with Gasteiger partial charge < -0.3 is 10.2 Å². The Labute approximate surface area is 178 Å². The lowest BCUT2D eigenvalue weighted by Gasteiger charge is -2.30. The van der Waals surface area contributed by atoms with E-state index in [1.54, 1.807) is 24.0 Å². The van der Waals surface area contributed by atoms with Gasteiger partial charge in [0.05, 0.1) is 0 Å². The number of carbonyl (C=O) groups is 3. The van der Waals surface area contributed by atoms with E-state index in [4.69, 9.17) is 23.2 Å². The molecule has 29 heavy (non-hydrogen) atoms. The molecule has 0 bridgehead atoms. The number of urea groups is 1. The highest BCUT2D eigenvalue weighted by molar-refractivity contribution is 6.35. The van der Waals surface area contributed by atoms with Crippen LogP contribution in [0.3, 0.4) is 0 Å². The predicted octanol–water partition coefficient (Wildman–Crippen LogP) is 3.35. The maximum absolute atomic E-state index is 13.1. The Morgan fingerprint density at radius 1 is 1.14 bits per heavy atom. The lowest BCUT2D eigenvalue weighted by atomic mass is 9.92. The van der Waals surface area contributed by atoms with Gasteiger partial charge in [-0.1, -0.05) is 53.5 Å². The molecule has 1 unspecified atom stereocenters. The van der Waals surface area contributed by atoms with Crippen molar-refractivity contribution < 1.29 is 14.4 Å². The van der Waals surface area contributed by atoms with E-state index in [0.717, 1.165) is 16.9 Å². The molecule has 6 nitrogen and oxygen atoms in total. The van der Waals surface area contributed by atoms with Gasteiger partial charge in [0.1, 0.15) is 12.1 Å². The molecule has 2 aromatic carbocycles. The van der Waals surface area contributed by atoms with Crippen LogP contribution in [-0.2, 0) is 28.1 Å². The van der Waals surface area contributed by atoms with Crippen molar-refractivity contribution in [2.75, 3.05) is 13.1 Å². The minimum Gasteiger partial charge on any atom is -0.336 e. The molecule has 1 saturated heterocycles. The maximum Gasteiger partial charge on any atom is 0.325 e. The highest BCUT2D eigenvalue weighted by Crippen LogP contribution is 2.35. The van der Waals surface area contributed by atoms with E-state index in [1.807, 2.05) is 18.2 Å². The summed E-state index contributed by atoms with van der Waals surface area (Å²) in [5, 5.41) is 3.37. The molecule has 0 aromatic heterocycles. The maximum atomic E-state index is 13.1. The number of hydrogen-bond donors (Lipinski definition) is 1. The molecular formula is C21H19Cl2N3O3. The topological polar surface area (TPSA) is 69.7 Å². The Morgan fingerprint density at radius 3 is 2.59 bits per heavy atom. The number of hydrogen-bond acceptors (Lipinski definition) is 3. The summed E-state index contributed by atoms with van der Waals surface area (Å²) in [6.45, 7) is 2.29. The molecule has 150 valence electrons. The van der Waals surface area contributed by atoms with Crippen molar-refractivity contribution in [1.82, 2.24) is 15.1 Å². The average molecular weight is 432 g/mol. The second-order valence-corrected chi connectivity index (χ2v) is 8.25. The van der Waals surface area contributed by atoms with Crippen LogP contribution >= 0.6 is 23.2 Å². The highest BCUT2D eigenvalue weighted by atomic mass is 35.5. The number of nitrogens with one attached hydrogen (secondary N) is 1. The van der Waals surface area contributed by atoms with E-state index in [1.165, 1.54) is 11.6 Å². The average Bonchev–Trinajstić information content (AvgIpc) is 2.91. The van der Waals surface area contributed by atoms with E-state index in [0.29, 0.717) is 23.7 Å². The van der Waals surface area contributed by atoms with Crippen LogP contribution in [0.2, 0.25) is 10.0 Å². The van der Waals surface area contributed by atoms with E-state index in [2.05, 4.69) is 11.4 Å². The molecule has 1 fully saturated rings. The van der Waals surface area contributed by atoms with Crippen LogP contribution in [-0.4, -0.2) is 40.7 Å². The molecule has 2 aliphatic heterocycles. The molecule has 0 aliphatic carbocycles. The molecule has 4 rings (SSSR count). The Balaban J connectivity index is 1.52. The zero-order valence-electron chi connectivity index (χ0n) is 15.7. The molecule has 0 spiro atoms. The molecule has 2 heterocycles. The summed E-state index contributed by atoms with van der Waals surface area (Å²) in [6.07, 6.45) is 0.750. The Kier molecular flexibility index (Phi) is 5.00. The summed E-state index contributed by atoms with van der Waals surface area (Å²) < 4.78 is 0. The van der Waals surface area contributed by atoms with Crippen LogP contribution in [0.5, 0.6) is 0 Å². The summed E-state index contributed by atoms with van der Waals surface area (Å²) in [6, 6.07) is 12.1. The number of fused-ring (bicyclic) bond motifs is 1. The lowest BCUT2D eigenvalue weighted by molar-refractivity contribution is -0.139. The van der Waals surface area contributed by atoms with Crippen molar-refractivity contribution in [1.29, 1.82) is 0 Å². The van der Waals surface area contributed by atoms with Gasteiger partial charge >= 0.3 is 6.03 Å². The summed E-state index contributed by atoms with van der Waals surface area (Å²) in [4.78, 5) is 41.0. The lowest BCUT2D eigenvalue weighted by Crippen LogP contribution is -2.45. The number of rotatable bonds is 3. The largest absolute Gasteiger partial charge is 0.336 e. The van der Waals surface area contributed by atoms with Gasteiger partial charge in [-0.3, -0.25) is 14.5 Å². The minimum absolute atomic E-state index is 0.269. The van der Waals surface area contributed by atoms with Crippen molar-refractivity contribution in [2.24, 2.45) is 0 Å². The molecule has 1 N–H and O–H groups in total. The SMILES string of the molecule is CC1(c2ccc(Cl)cc2Cl)NC(=O)N(CC(=O)N2CCc3ccccc3C2)C1=O. The van der Waals surface area contributed by atoms with E-state index < -0.39 is 17.5 Å². The molecule has 0 saturated carbocycles. The predicted molar refractivity (Wildman–Crippen MR) is 110 cm³/mol. The van der Waals surface area contributed by atoms with Crippen LogP contribution in [0.25, 0.3) is 0 Å². The van der Waals surface area contributed by atoms with E-state index in [-0.39, 0.29) is 17.5 Å². The zero-order valence-corrected chi connectivity index (χ0v) is 17.3. The van der Waals surface area contributed by atoms with Crippen molar-refractivity contribution >= 4 is 41.0 Å². The van der Waals surface area contributed by atoms with E-state index >= 15 is 0 Å². The smallest absolute Gasteiger partial charge is 0.325 e. The second kappa shape index (κ2) is 7.35. The van der Waals surface area contributed by atoms with Crippen LogP contribution in [0, 0.1) is 0 Å². The van der Waals surface area contributed by atoms with Crippen LogP contribution in [0.1, 0.15) is 23.6 Å². The van der Waals surface area contributed by atoms with Crippen LogP contribution < -0.4 is 5.32 Å². The molecule has 2 aliphatic rings. The van der Waals surface area contributed by atoms with Gasteiger partial charge in [-0.25, -0.2) is 4.79 Å². The molecule has 0 radical (unpaired) electrons. The summed E-state index contributed by atoms with van der Waals surface area (Å²) in [5.74, 6) is -0.785. The molecule has 2 aromatic rings. The number of imide groups is 1. The second-order valence-electron chi connectivity index (χ2n) is 7.40. The van der Waals surface area contributed by atoms with Crippen molar-refractivity contribution in [3.05, 3.63) is 69.2 Å².